The minimum Gasteiger partial charge on any atom is -0.492 e. The van der Waals surface area contributed by atoms with Crippen LogP contribution in [-0.4, -0.2) is 30.9 Å². The molecule has 20 heavy (non-hydrogen) atoms. The summed E-state index contributed by atoms with van der Waals surface area (Å²) in [5.41, 5.74) is 2.25. The summed E-state index contributed by atoms with van der Waals surface area (Å²) in [6.07, 6.45) is -0.327. The highest BCUT2D eigenvalue weighted by molar-refractivity contribution is 5.70. The summed E-state index contributed by atoms with van der Waals surface area (Å²) in [6, 6.07) is 18.2. The maximum absolute atomic E-state index is 9.16. The first-order valence-corrected chi connectivity index (χ1v) is 6.93. The molecule has 106 valence electrons. The van der Waals surface area contributed by atoms with Crippen LogP contribution < -0.4 is 10.1 Å². The molecule has 2 aromatic rings. The van der Waals surface area contributed by atoms with Crippen molar-refractivity contribution < 1.29 is 9.84 Å². The van der Waals surface area contributed by atoms with E-state index in [4.69, 9.17) is 9.84 Å². The highest BCUT2D eigenvalue weighted by Crippen LogP contribution is 2.29. The normalized spacial score (nSPS) is 12.1. The summed E-state index contributed by atoms with van der Waals surface area (Å²) in [4.78, 5) is 0. The molecule has 0 radical (unpaired) electrons. The Kier molecular flexibility index (Phi) is 5.59. The Hall–Kier alpha value is -1.84. The molecule has 2 aromatic carbocycles. The van der Waals surface area contributed by atoms with Gasteiger partial charge in [-0.3, -0.25) is 0 Å². The van der Waals surface area contributed by atoms with E-state index in [0.29, 0.717) is 19.7 Å². The Morgan fingerprint density at radius 2 is 1.75 bits per heavy atom. The molecule has 0 aliphatic rings. The van der Waals surface area contributed by atoms with Crippen molar-refractivity contribution >= 4 is 0 Å². The molecule has 2 N–H and O–H groups in total. The summed E-state index contributed by atoms with van der Waals surface area (Å²) in [5, 5.41) is 12.3. The lowest BCUT2D eigenvalue weighted by Gasteiger charge is -2.12. The summed E-state index contributed by atoms with van der Waals surface area (Å²) in [7, 11) is 0. The van der Waals surface area contributed by atoms with Crippen molar-refractivity contribution in [1.82, 2.24) is 5.32 Å². The molecule has 3 nitrogen and oxygen atoms in total. The van der Waals surface area contributed by atoms with Crippen LogP contribution in [-0.2, 0) is 0 Å². The number of rotatable bonds is 7. The molecule has 2 rings (SSSR count). The fourth-order valence-corrected chi connectivity index (χ4v) is 1.99. The van der Waals surface area contributed by atoms with E-state index in [1.54, 1.807) is 6.92 Å². The van der Waals surface area contributed by atoms with Crippen molar-refractivity contribution in [2.45, 2.75) is 13.0 Å². The minimum atomic E-state index is -0.327. The summed E-state index contributed by atoms with van der Waals surface area (Å²) < 4.78 is 5.83. The SMILES string of the molecule is C[C@H](O)CNCCOc1ccccc1-c1ccccc1. The zero-order chi connectivity index (χ0) is 14.2. The first kappa shape index (κ1) is 14.6. The molecule has 3 heteroatoms. The molecule has 0 heterocycles. The largest absolute Gasteiger partial charge is 0.492 e. The van der Waals surface area contributed by atoms with Gasteiger partial charge >= 0.3 is 0 Å². The van der Waals surface area contributed by atoms with Gasteiger partial charge in [-0.2, -0.15) is 0 Å². The smallest absolute Gasteiger partial charge is 0.127 e. The highest BCUT2D eigenvalue weighted by Gasteiger charge is 2.04. The van der Waals surface area contributed by atoms with Gasteiger partial charge in [0.2, 0.25) is 0 Å². The van der Waals surface area contributed by atoms with Crippen LogP contribution >= 0.6 is 0 Å². The van der Waals surface area contributed by atoms with Crippen LogP contribution in [0, 0.1) is 0 Å². The molecule has 0 saturated carbocycles. The van der Waals surface area contributed by atoms with Gasteiger partial charge in [0.15, 0.2) is 0 Å². The van der Waals surface area contributed by atoms with E-state index in [1.807, 2.05) is 36.4 Å². The third-order valence-corrected chi connectivity index (χ3v) is 2.95. The molecule has 0 aliphatic carbocycles. The average molecular weight is 271 g/mol. The molecule has 0 amide bonds. The number of aliphatic hydroxyl groups excluding tert-OH is 1. The average Bonchev–Trinajstić information content (AvgIpc) is 2.48. The van der Waals surface area contributed by atoms with E-state index in [9.17, 15) is 0 Å². The number of para-hydroxylation sites is 1. The molecule has 0 aliphatic heterocycles. The number of hydrogen-bond acceptors (Lipinski definition) is 3. The van der Waals surface area contributed by atoms with Crippen molar-refractivity contribution in [2.75, 3.05) is 19.7 Å². The zero-order valence-corrected chi connectivity index (χ0v) is 11.8. The first-order chi connectivity index (χ1) is 9.77. The number of aliphatic hydroxyl groups is 1. The number of hydrogen-bond donors (Lipinski definition) is 2. The fourth-order valence-electron chi connectivity index (χ4n) is 1.99. The molecule has 0 bridgehead atoms. The predicted octanol–water partition coefficient (Wildman–Crippen LogP) is 2.70. The van der Waals surface area contributed by atoms with Crippen LogP contribution in [0.1, 0.15) is 6.92 Å². The lowest BCUT2D eigenvalue weighted by Crippen LogP contribution is -2.28. The Morgan fingerprint density at radius 1 is 1.05 bits per heavy atom. The molecule has 0 aromatic heterocycles. The summed E-state index contributed by atoms with van der Waals surface area (Å²) in [6.45, 7) is 3.65. The van der Waals surface area contributed by atoms with Crippen molar-refractivity contribution in [3.63, 3.8) is 0 Å². The topological polar surface area (TPSA) is 41.5 Å². The van der Waals surface area contributed by atoms with Gasteiger partial charge in [0.1, 0.15) is 12.4 Å². The summed E-state index contributed by atoms with van der Waals surface area (Å²) >= 11 is 0. The van der Waals surface area contributed by atoms with Gasteiger partial charge in [0.25, 0.3) is 0 Å². The molecule has 0 fully saturated rings. The second-order valence-electron chi connectivity index (χ2n) is 4.76. The van der Waals surface area contributed by atoms with Crippen molar-refractivity contribution in [3.05, 3.63) is 54.6 Å². The standard InChI is InChI=1S/C17H21NO2/c1-14(19)13-18-11-12-20-17-10-6-5-9-16(17)15-7-3-2-4-8-15/h2-10,14,18-19H,11-13H2,1H3/t14-/m0/s1. The molecule has 1 atom stereocenters. The van der Waals surface area contributed by atoms with E-state index < -0.39 is 0 Å². The number of ether oxygens (including phenoxy) is 1. The van der Waals surface area contributed by atoms with Gasteiger partial charge in [-0.1, -0.05) is 48.5 Å². The maximum Gasteiger partial charge on any atom is 0.127 e. The van der Waals surface area contributed by atoms with Crippen molar-refractivity contribution in [2.24, 2.45) is 0 Å². The van der Waals surface area contributed by atoms with E-state index in [-0.39, 0.29) is 6.10 Å². The van der Waals surface area contributed by atoms with Gasteiger partial charge in [-0.25, -0.2) is 0 Å². The highest BCUT2D eigenvalue weighted by atomic mass is 16.5. The Bertz CT molecular complexity index is 511. The van der Waals surface area contributed by atoms with Crippen LogP contribution in [0.25, 0.3) is 11.1 Å². The lowest BCUT2D eigenvalue weighted by molar-refractivity contribution is 0.188. The number of benzene rings is 2. The molecule has 0 spiro atoms. The lowest BCUT2D eigenvalue weighted by atomic mass is 10.1. The minimum absolute atomic E-state index is 0.327. The van der Waals surface area contributed by atoms with Gasteiger partial charge < -0.3 is 15.2 Å². The summed E-state index contributed by atoms with van der Waals surface area (Å²) in [5.74, 6) is 0.887. The Labute approximate surface area is 120 Å². The van der Waals surface area contributed by atoms with Crippen LogP contribution in [0.15, 0.2) is 54.6 Å². The predicted molar refractivity (Wildman–Crippen MR) is 81.9 cm³/mol. The van der Waals surface area contributed by atoms with Gasteiger partial charge in [-0.05, 0) is 18.6 Å². The van der Waals surface area contributed by atoms with Crippen LogP contribution in [0.3, 0.4) is 0 Å². The molecule has 0 saturated heterocycles. The third-order valence-electron chi connectivity index (χ3n) is 2.95. The van der Waals surface area contributed by atoms with E-state index in [1.165, 1.54) is 0 Å². The van der Waals surface area contributed by atoms with Crippen molar-refractivity contribution in [3.8, 4) is 16.9 Å². The van der Waals surface area contributed by atoms with Crippen molar-refractivity contribution in [1.29, 1.82) is 0 Å². The third kappa shape index (κ3) is 4.37. The van der Waals surface area contributed by atoms with Crippen LogP contribution in [0.2, 0.25) is 0 Å². The van der Waals surface area contributed by atoms with E-state index >= 15 is 0 Å². The molecular formula is C17H21NO2. The fraction of sp³-hybridized carbons (Fsp3) is 0.294. The van der Waals surface area contributed by atoms with E-state index in [2.05, 4.69) is 23.5 Å². The van der Waals surface area contributed by atoms with Crippen LogP contribution in [0.4, 0.5) is 0 Å². The second kappa shape index (κ2) is 7.68. The Morgan fingerprint density at radius 3 is 2.50 bits per heavy atom. The van der Waals surface area contributed by atoms with E-state index in [0.717, 1.165) is 16.9 Å². The second-order valence-corrected chi connectivity index (χ2v) is 4.76. The van der Waals surface area contributed by atoms with Gasteiger partial charge in [0, 0.05) is 18.7 Å². The quantitative estimate of drug-likeness (QED) is 0.761. The number of nitrogens with one attached hydrogen (secondary N) is 1. The Balaban J connectivity index is 1.95. The first-order valence-electron chi connectivity index (χ1n) is 6.93. The maximum atomic E-state index is 9.16. The monoisotopic (exact) mass is 271 g/mol. The van der Waals surface area contributed by atoms with Crippen LogP contribution in [0.5, 0.6) is 5.75 Å². The zero-order valence-electron chi connectivity index (χ0n) is 11.8. The van der Waals surface area contributed by atoms with Gasteiger partial charge in [-0.15, -0.1) is 0 Å². The molecular weight excluding hydrogens is 250 g/mol. The molecule has 0 unspecified atom stereocenters. The van der Waals surface area contributed by atoms with Gasteiger partial charge in [0.05, 0.1) is 6.10 Å².